The molecule has 19 heavy (non-hydrogen) atoms. The van der Waals surface area contributed by atoms with E-state index in [1.807, 2.05) is 46.9 Å². The molecule has 1 aromatic carbocycles. The van der Waals surface area contributed by atoms with E-state index in [1.54, 1.807) is 10.9 Å². The van der Waals surface area contributed by atoms with Crippen molar-refractivity contribution in [2.75, 3.05) is 5.32 Å². The molecule has 2 aromatic rings. The highest BCUT2D eigenvalue weighted by atomic mass is 16.6. The van der Waals surface area contributed by atoms with Crippen LogP contribution in [0.3, 0.4) is 0 Å². The van der Waals surface area contributed by atoms with Crippen molar-refractivity contribution < 1.29 is 9.53 Å². The van der Waals surface area contributed by atoms with Gasteiger partial charge in [0.2, 0.25) is 0 Å². The molecule has 0 aliphatic carbocycles. The fraction of sp³-hybridized carbons (Fsp3) is 0.429. The average molecular weight is 261 g/mol. The van der Waals surface area contributed by atoms with E-state index in [0.717, 1.165) is 22.2 Å². The van der Waals surface area contributed by atoms with Crippen molar-refractivity contribution in [2.45, 2.75) is 33.3 Å². The van der Waals surface area contributed by atoms with E-state index in [-0.39, 0.29) is 0 Å². The normalized spacial score (nSPS) is 11.6. The number of aryl methyl sites for hydroxylation is 2. The number of aromatic nitrogens is 2. The molecule has 1 amide bonds. The molecule has 0 aliphatic heterocycles. The van der Waals surface area contributed by atoms with Crippen molar-refractivity contribution >= 4 is 22.7 Å². The molecule has 102 valence electrons. The summed E-state index contributed by atoms with van der Waals surface area (Å²) in [7, 11) is 1.87. The summed E-state index contributed by atoms with van der Waals surface area (Å²) >= 11 is 0. The maximum atomic E-state index is 11.9. The topological polar surface area (TPSA) is 56.2 Å². The molecule has 0 atom stereocenters. The molecule has 0 saturated heterocycles. The quantitative estimate of drug-likeness (QED) is 0.857. The number of hydrogen-bond donors (Lipinski definition) is 1. The molecular weight excluding hydrogens is 242 g/mol. The molecule has 0 radical (unpaired) electrons. The third-order valence-electron chi connectivity index (χ3n) is 2.77. The summed E-state index contributed by atoms with van der Waals surface area (Å²) < 4.78 is 7.05. The highest BCUT2D eigenvalue weighted by Crippen LogP contribution is 2.27. The molecule has 1 heterocycles. The van der Waals surface area contributed by atoms with Gasteiger partial charge in [0.1, 0.15) is 5.60 Å². The lowest BCUT2D eigenvalue weighted by molar-refractivity contribution is 0.0636. The van der Waals surface area contributed by atoms with Crippen LogP contribution in [0.4, 0.5) is 10.5 Å². The number of benzene rings is 1. The highest BCUT2D eigenvalue weighted by molar-refractivity contribution is 6.00. The van der Waals surface area contributed by atoms with Gasteiger partial charge in [-0.15, -0.1) is 0 Å². The Bertz CT molecular complexity index is 623. The number of anilines is 1. The van der Waals surface area contributed by atoms with Gasteiger partial charge >= 0.3 is 6.09 Å². The van der Waals surface area contributed by atoms with Gasteiger partial charge in [-0.1, -0.05) is 6.07 Å². The summed E-state index contributed by atoms with van der Waals surface area (Å²) in [6.07, 6.45) is 1.29. The summed E-state index contributed by atoms with van der Waals surface area (Å²) in [6.45, 7) is 7.46. The van der Waals surface area contributed by atoms with Crippen molar-refractivity contribution in [1.82, 2.24) is 9.78 Å². The SMILES string of the molecule is Cc1ccc2c(cnn2C)c1NC(=O)OC(C)(C)C. The molecule has 0 fully saturated rings. The maximum absolute atomic E-state index is 11.9. The van der Waals surface area contributed by atoms with Crippen LogP contribution in [0.2, 0.25) is 0 Å². The van der Waals surface area contributed by atoms with Gasteiger partial charge in [-0.05, 0) is 39.3 Å². The smallest absolute Gasteiger partial charge is 0.412 e. The number of carbonyl (C=O) groups is 1. The Labute approximate surface area is 112 Å². The van der Waals surface area contributed by atoms with E-state index in [2.05, 4.69) is 10.4 Å². The molecule has 5 heteroatoms. The van der Waals surface area contributed by atoms with Gasteiger partial charge in [-0.2, -0.15) is 5.10 Å². The predicted molar refractivity (Wildman–Crippen MR) is 75.3 cm³/mol. The second kappa shape index (κ2) is 4.57. The first-order chi connectivity index (χ1) is 8.78. The summed E-state index contributed by atoms with van der Waals surface area (Å²) in [5.41, 5.74) is 2.18. The highest BCUT2D eigenvalue weighted by Gasteiger charge is 2.18. The van der Waals surface area contributed by atoms with Crippen LogP contribution in [0.25, 0.3) is 10.9 Å². The van der Waals surface area contributed by atoms with Crippen molar-refractivity contribution in [3.05, 3.63) is 23.9 Å². The Balaban J connectivity index is 2.34. The molecule has 5 nitrogen and oxygen atoms in total. The second-order valence-electron chi connectivity index (χ2n) is 5.59. The minimum atomic E-state index is -0.513. The number of hydrogen-bond acceptors (Lipinski definition) is 3. The first kappa shape index (κ1) is 13.4. The van der Waals surface area contributed by atoms with Crippen molar-refractivity contribution in [1.29, 1.82) is 0 Å². The van der Waals surface area contributed by atoms with E-state index in [0.29, 0.717) is 0 Å². The molecular formula is C14H19N3O2. The van der Waals surface area contributed by atoms with E-state index in [9.17, 15) is 4.79 Å². The molecule has 0 spiro atoms. The number of nitrogens with zero attached hydrogens (tertiary/aromatic N) is 2. The molecule has 0 unspecified atom stereocenters. The number of ether oxygens (including phenoxy) is 1. The van der Waals surface area contributed by atoms with Crippen LogP contribution in [0, 0.1) is 6.92 Å². The lowest BCUT2D eigenvalue weighted by atomic mass is 10.1. The van der Waals surface area contributed by atoms with Crippen LogP contribution < -0.4 is 5.32 Å². The molecule has 2 rings (SSSR count). The van der Waals surface area contributed by atoms with Crippen molar-refractivity contribution in [3.8, 4) is 0 Å². The van der Waals surface area contributed by atoms with Gasteiger partial charge in [-0.25, -0.2) is 4.79 Å². The number of carbonyl (C=O) groups excluding carboxylic acids is 1. The third-order valence-corrected chi connectivity index (χ3v) is 2.77. The summed E-state index contributed by atoms with van der Waals surface area (Å²) in [6, 6.07) is 3.94. The van der Waals surface area contributed by atoms with Crippen LogP contribution in [-0.2, 0) is 11.8 Å². The standard InChI is InChI=1S/C14H19N3O2/c1-9-6-7-11-10(8-15-17(11)5)12(9)16-13(18)19-14(2,3)4/h6-8H,1-5H3,(H,16,18). The molecule has 0 aliphatic rings. The summed E-state index contributed by atoms with van der Waals surface area (Å²) in [5, 5.41) is 7.92. The van der Waals surface area contributed by atoms with Gasteiger partial charge in [-0.3, -0.25) is 10.00 Å². The van der Waals surface area contributed by atoms with Gasteiger partial charge in [0.15, 0.2) is 0 Å². The first-order valence-electron chi connectivity index (χ1n) is 6.19. The van der Waals surface area contributed by atoms with Gasteiger partial charge < -0.3 is 4.74 Å². The number of nitrogens with one attached hydrogen (secondary N) is 1. The fourth-order valence-electron chi connectivity index (χ4n) is 1.91. The molecule has 0 bridgehead atoms. The van der Waals surface area contributed by atoms with Crippen molar-refractivity contribution in [2.24, 2.45) is 7.05 Å². The Morgan fingerprint density at radius 1 is 1.37 bits per heavy atom. The second-order valence-corrected chi connectivity index (χ2v) is 5.59. The largest absolute Gasteiger partial charge is 0.444 e. The maximum Gasteiger partial charge on any atom is 0.412 e. The number of rotatable bonds is 1. The third kappa shape index (κ3) is 2.86. The van der Waals surface area contributed by atoms with E-state index >= 15 is 0 Å². The summed E-state index contributed by atoms with van der Waals surface area (Å²) in [5.74, 6) is 0. The monoisotopic (exact) mass is 261 g/mol. The zero-order valence-corrected chi connectivity index (χ0v) is 11.9. The Kier molecular flexibility index (Phi) is 3.22. The fourth-order valence-corrected chi connectivity index (χ4v) is 1.91. The lowest BCUT2D eigenvalue weighted by Crippen LogP contribution is -2.27. The Hall–Kier alpha value is -2.04. The predicted octanol–water partition coefficient (Wildman–Crippen LogP) is 3.23. The molecule has 0 saturated carbocycles. The van der Waals surface area contributed by atoms with Crippen LogP contribution in [0.5, 0.6) is 0 Å². The van der Waals surface area contributed by atoms with E-state index in [4.69, 9.17) is 4.74 Å². The van der Waals surface area contributed by atoms with Crippen molar-refractivity contribution in [3.63, 3.8) is 0 Å². The Morgan fingerprint density at radius 2 is 2.05 bits per heavy atom. The average Bonchev–Trinajstić information content (AvgIpc) is 2.62. The van der Waals surface area contributed by atoms with E-state index < -0.39 is 11.7 Å². The molecule has 1 aromatic heterocycles. The first-order valence-corrected chi connectivity index (χ1v) is 6.19. The van der Waals surface area contributed by atoms with Crippen LogP contribution in [0.1, 0.15) is 26.3 Å². The van der Waals surface area contributed by atoms with Gasteiger partial charge in [0.05, 0.1) is 17.4 Å². The zero-order valence-electron chi connectivity index (χ0n) is 11.9. The van der Waals surface area contributed by atoms with Crippen LogP contribution >= 0.6 is 0 Å². The van der Waals surface area contributed by atoms with Gasteiger partial charge in [0, 0.05) is 12.4 Å². The Morgan fingerprint density at radius 3 is 2.68 bits per heavy atom. The molecule has 1 N–H and O–H groups in total. The number of fused-ring (bicyclic) bond motifs is 1. The minimum absolute atomic E-state index is 0.452. The van der Waals surface area contributed by atoms with Crippen LogP contribution in [0.15, 0.2) is 18.3 Å². The zero-order chi connectivity index (χ0) is 14.2. The summed E-state index contributed by atoms with van der Waals surface area (Å²) in [4.78, 5) is 11.9. The number of amides is 1. The minimum Gasteiger partial charge on any atom is -0.444 e. The van der Waals surface area contributed by atoms with Gasteiger partial charge in [0.25, 0.3) is 0 Å². The van der Waals surface area contributed by atoms with E-state index in [1.165, 1.54) is 0 Å². The lowest BCUT2D eigenvalue weighted by Gasteiger charge is -2.20. The van der Waals surface area contributed by atoms with Crippen LogP contribution in [-0.4, -0.2) is 21.5 Å².